The highest BCUT2D eigenvalue weighted by atomic mass is 16.8. The van der Waals surface area contributed by atoms with Crippen LogP contribution >= 0.6 is 0 Å². The Kier molecular flexibility index (Phi) is 12.8. The molecule has 264 valence electrons. The van der Waals surface area contributed by atoms with Gasteiger partial charge in [0, 0.05) is 6.54 Å². The van der Waals surface area contributed by atoms with Gasteiger partial charge >= 0.3 is 0 Å². The summed E-state index contributed by atoms with van der Waals surface area (Å²) in [5.41, 5.74) is 5.76. The van der Waals surface area contributed by atoms with E-state index in [4.69, 9.17) is 38.9 Å². The van der Waals surface area contributed by atoms with Crippen molar-refractivity contribution < 1.29 is 99.5 Å². The van der Waals surface area contributed by atoms with E-state index in [-0.39, 0.29) is 0 Å². The first kappa shape index (κ1) is 37.0. The van der Waals surface area contributed by atoms with Crippen LogP contribution in [0.4, 0.5) is 0 Å². The second kappa shape index (κ2) is 15.6. The number of aliphatic hydroxyl groups is 13. The van der Waals surface area contributed by atoms with Gasteiger partial charge in [-0.2, -0.15) is 0 Å². The van der Waals surface area contributed by atoms with Crippen molar-refractivity contribution in [3.63, 3.8) is 0 Å². The minimum atomic E-state index is -1.98. The lowest BCUT2D eigenvalue weighted by Crippen LogP contribution is -2.67. The maximum Gasteiger partial charge on any atom is 0.187 e. The number of aliphatic hydroxyl groups excluding tert-OH is 13. The molecule has 4 fully saturated rings. The average Bonchev–Trinajstić information content (AvgIpc) is 3.03. The Bertz CT molecular complexity index is 916. The fraction of sp³-hybridized carbons (Fsp3) is 1.00. The third kappa shape index (κ3) is 7.44. The van der Waals surface area contributed by atoms with Gasteiger partial charge in [0.1, 0.15) is 97.7 Å². The summed E-state index contributed by atoms with van der Waals surface area (Å²) in [5, 5.41) is 133. The fourth-order valence-electron chi connectivity index (χ4n) is 5.59. The molecule has 0 bridgehead atoms. The van der Waals surface area contributed by atoms with Crippen molar-refractivity contribution >= 4 is 0 Å². The van der Waals surface area contributed by atoms with Crippen molar-refractivity contribution in [3.05, 3.63) is 0 Å². The largest absolute Gasteiger partial charge is 0.394 e. The van der Waals surface area contributed by atoms with Gasteiger partial charge in [0.15, 0.2) is 25.2 Å². The summed E-state index contributed by atoms with van der Waals surface area (Å²) in [4.78, 5) is 0. The Morgan fingerprint density at radius 1 is 0.400 bits per heavy atom. The molecule has 1 unspecified atom stereocenters. The molecule has 0 aromatic rings. The van der Waals surface area contributed by atoms with E-state index in [1.165, 1.54) is 0 Å². The minimum absolute atomic E-state index is 0.393. The Hall–Kier alpha value is -0.840. The van der Waals surface area contributed by atoms with E-state index in [2.05, 4.69) is 0 Å². The van der Waals surface area contributed by atoms with Crippen LogP contribution in [0, 0.1) is 0 Å². The molecule has 21 nitrogen and oxygen atoms in total. The molecule has 15 N–H and O–H groups in total. The van der Waals surface area contributed by atoms with E-state index in [0.29, 0.717) is 0 Å². The van der Waals surface area contributed by atoms with E-state index in [1.54, 1.807) is 0 Å². The SMILES string of the molecule is NC[C@H]1O[C@H](O[C@H]2[C@H](O)[C@@H](O)[C@@H](O[C@H]3[C@H](O)[C@@H](O)C(O)O[C@@H]3CO)O[C@@H]2CO)[C@H](O)[C@@H](O)[C@@H]1O[C@H]1O[C@H](CO)[C@@H](O)[C@H](O)[C@H]1O. The van der Waals surface area contributed by atoms with Crippen LogP contribution < -0.4 is 5.73 Å². The van der Waals surface area contributed by atoms with Crippen LogP contribution in [0.5, 0.6) is 0 Å². The molecule has 0 amide bonds. The third-order valence-electron chi connectivity index (χ3n) is 8.26. The summed E-state index contributed by atoms with van der Waals surface area (Å²) < 4.78 is 38.1. The lowest BCUT2D eigenvalue weighted by molar-refractivity contribution is -0.385. The lowest BCUT2D eigenvalue weighted by atomic mass is 9.95. The number of nitrogens with two attached hydrogens (primary N) is 1. The van der Waals surface area contributed by atoms with Crippen molar-refractivity contribution in [3.8, 4) is 0 Å². The third-order valence-corrected chi connectivity index (χ3v) is 8.26. The van der Waals surface area contributed by atoms with Crippen LogP contribution in [0.1, 0.15) is 0 Å². The summed E-state index contributed by atoms with van der Waals surface area (Å²) in [5.74, 6) is 0. The Balaban J connectivity index is 1.43. The molecule has 0 radical (unpaired) electrons. The first-order chi connectivity index (χ1) is 21.3. The Morgan fingerprint density at radius 2 is 0.756 bits per heavy atom. The summed E-state index contributed by atoms with van der Waals surface area (Å²) in [6.45, 7) is -2.83. The first-order valence-corrected chi connectivity index (χ1v) is 14.2. The minimum Gasteiger partial charge on any atom is -0.394 e. The van der Waals surface area contributed by atoms with Crippen LogP contribution in [0.2, 0.25) is 0 Å². The topological polar surface area (TPSA) is 354 Å². The van der Waals surface area contributed by atoms with Crippen LogP contribution in [0.15, 0.2) is 0 Å². The van der Waals surface area contributed by atoms with E-state index < -0.39 is 149 Å². The van der Waals surface area contributed by atoms with Crippen molar-refractivity contribution in [1.29, 1.82) is 0 Å². The van der Waals surface area contributed by atoms with Crippen molar-refractivity contribution in [1.82, 2.24) is 0 Å². The summed E-state index contributed by atoms with van der Waals surface area (Å²) in [6, 6.07) is 0. The van der Waals surface area contributed by atoms with Crippen LogP contribution in [0.25, 0.3) is 0 Å². The molecule has 4 rings (SSSR count). The van der Waals surface area contributed by atoms with Crippen molar-refractivity contribution in [2.75, 3.05) is 26.4 Å². The lowest BCUT2D eigenvalue weighted by Gasteiger charge is -2.49. The molecular formula is C24H43NO20. The summed E-state index contributed by atoms with van der Waals surface area (Å²) in [7, 11) is 0. The predicted molar refractivity (Wildman–Crippen MR) is 136 cm³/mol. The highest BCUT2D eigenvalue weighted by molar-refractivity contribution is 4.98. The Labute approximate surface area is 255 Å². The number of ether oxygens (including phenoxy) is 7. The molecule has 4 heterocycles. The van der Waals surface area contributed by atoms with E-state index in [0.717, 1.165) is 0 Å². The molecule has 0 aromatic carbocycles. The van der Waals surface area contributed by atoms with Gasteiger partial charge in [-0.25, -0.2) is 0 Å². The zero-order valence-electron chi connectivity index (χ0n) is 23.6. The van der Waals surface area contributed by atoms with Gasteiger partial charge in [-0.05, 0) is 0 Å². The van der Waals surface area contributed by atoms with Gasteiger partial charge in [-0.15, -0.1) is 0 Å². The zero-order chi connectivity index (χ0) is 33.3. The molecule has 0 aliphatic carbocycles. The van der Waals surface area contributed by atoms with Gasteiger partial charge in [-0.3, -0.25) is 0 Å². The standard InChI is InChI=1S/C24H43NO20/c25-1-5-18(43-22-15(35)10(30)9(29)6(2-26)41-22)12(32)16(36)23(40-5)45-20-8(4-28)42-24(17(37)13(20)33)44-19-7(3-27)39-21(38)14(34)11(19)31/h5-24,26-38H,1-4,25H2/t5-,6-,7-,8-,9-,10+,11-,12-,13-,14-,15-,16-,17-,18-,19-,20-,21?,22-,23-,24-/m1/s1. The molecule has 4 aliphatic rings. The maximum absolute atomic E-state index is 10.9. The average molecular weight is 666 g/mol. The molecule has 21 heteroatoms. The highest BCUT2D eigenvalue weighted by Crippen LogP contribution is 2.34. The highest BCUT2D eigenvalue weighted by Gasteiger charge is 2.54. The second-order valence-electron chi connectivity index (χ2n) is 11.2. The van der Waals surface area contributed by atoms with Crippen LogP contribution in [-0.4, -0.2) is 216 Å². The quantitative estimate of drug-likeness (QED) is 0.103. The first-order valence-electron chi connectivity index (χ1n) is 14.2. The van der Waals surface area contributed by atoms with Crippen molar-refractivity contribution in [2.24, 2.45) is 5.73 Å². The number of hydrogen-bond donors (Lipinski definition) is 14. The van der Waals surface area contributed by atoms with Gasteiger partial charge in [-0.1, -0.05) is 0 Å². The number of hydrogen-bond acceptors (Lipinski definition) is 21. The monoisotopic (exact) mass is 665 g/mol. The molecule has 4 saturated heterocycles. The Morgan fingerprint density at radius 3 is 1.20 bits per heavy atom. The van der Waals surface area contributed by atoms with Gasteiger partial charge < -0.3 is 105 Å². The van der Waals surface area contributed by atoms with Gasteiger partial charge in [0.2, 0.25) is 0 Å². The zero-order valence-corrected chi connectivity index (χ0v) is 23.6. The molecule has 45 heavy (non-hydrogen) atoms. The molecule has 0 aromatic heterocycles. The maximum atomic E-state index is 10.9. The van der Waals surface area contributed by atoms with Gasteiger partial charge in [0.25, 0.3) is 0 Å². The second-order valence-corrected chi connectivity index (χ2v) is 11.2. The van der Waals surface area contributed by atoms with Gasteiger partial charge in [0.05, 0.1) is 19.8 Å². The van der Waals surface area contributed by atoms with Crippen molar-refractivity contribution in [2.45, 2.75) is 123 Å². The van der Waals surface area contributed by atoms with Crippen LogP contribution in [-0.2, 0) is 33.2 Å². The normalized spacial score (nSPS) is 52.9. The van der Waals surface area contributed by atoms with E-state index in [1.807, 2.05) is 0 Å². The molecular weight excluding hydrogens is 622 g/mol. The van der Waals surface area contributed by atoms with Crippen LogP contribution in [0.3, 0.4) is 0 Å². The summed E-state index contributed by atoms with van der Waals surface area (Å²) in [6.07, 6.45) is -34.3. The van der Waals surface area contributed by atoms with E-state index >= 15 is 0 Å². The summed E-state index contributed by atoms with van der Waals surface area (Å²) >= 11 is 0. The number of rotatable bonds is 10. The molecule has 0 saturated carbocycles. The smallest absolute Gasteiger partial charge is 0.187 e. The van der Waals surface area contributed by atoms with E-state index in [9.17, 15) is 66.4 Å². The molecule has 0 spiro atoms. The molecule has 20 atom stereocenters. The fourth-order valence-corrected chi connectivity index (χ4v) is 5.59. The predicted octanol–water partition coefficient (Wildman–Crippen LogP) is -9.78. The molecule has 4 aliphatic heterocycles.